The molecule has 0 fully saturated rings. The van der Waals surface area contributed by atoms with Crippen molar-refractivity contribution in [3.63, 3.8) is 0 Å². The highest BCUT2D eigenvalue weighted by molar-refractivity contribution is 6.15. The maximum absolute atomic E-state index is 14.1. The van der Waals surface area contributed by atoms with Gasteiger partial charge in [0.05, 0.1) is 0 Å². The molecular weight excluding hydrogens is 544 g/mol. The van der Waals surface area contributed by atoms with Gasteiger partial charge in [0.1, 0.15) is 5.75 Å². The van der Waals surface area contributed by atoms with E-state index in [9.17, 15) is 24.3 Å². The van der Waals surface area contributed by atoms with Crippen LogP contribution in [0.1, 0.15) is 52.6 Å². The van der Waals surface area contributed by atoms with Gasteiger partial charge in [0, 0.05) is 56.1 Å². The summed E-state index contributed by atoms with van der Waals surface area (Å²) >= 11 is 0. The molecule has 212 valence electrons. The summed E-state index contributed by atoms with van der Waals surface area (Å²) in [6.45, 7) is 0. The van der Waals surface area contributed by atoms with Crippen LogP contribution in [0.15, 0.2) is 115 Å². The van der Waals surface area contributed by atoms with Gasteiger partial charge in [-0.3, -0.25) is 24.1 Å². The van der Waals surface area contributed by atoms with E-state index in [1.807, 2.05) is 0 Å². The summed E-state index contributed by atoms with van der Waals surface area (Å²) in [4.78, 5) is 54.0. The molecule has 5 aromatic carbocycles. The molecule has 0 aliphatic rings. The van der Waals surface area contributed by atoms with Gasteiger partial charge >= 0.3 is 0 Å². The molecule has 43 heavy (non-hydrogen) atoms. The smallest absolute Gasteiger partial charge is 0.262 e. The van der Waals surface area contributed by atoms with Crippen LogP contribution in [0.5, 0.6) is 5.75 Å². The summed E-state index contributed by atoms with van der Waals surface area (Å²) in [6.07, 6.45) is 0. The van der Waals surface area contributed by atoms with Crippen LogP contribution >= 0.6 is 0 Å². The molecule has 0 aliphatic carbocycles. The van der Waals surface area contributed by atoms with Crippen LogP contribution in [0, 0.1) is 0 Å². The number of aromatic hydroxyl groups is 1. The molecule has 7 N–H and O–H groups in total. The number of ketones is 2. The lowest BCUT2D eigenvalue weighted by Gasteiger charge is -2.24. The number of carbonyl (C=O) groups is 4. The Kier molecular flexibility index (Phi) is 7.71. The summed E-state index contributed by atoms with van der Waals surface area (Å²) in [5, 5.41) is 10.3. The van der Waals surface area contributed by atoms with E-state index in [2.05, 4.69) is 0 Å². The molecule has 9 nitrogen and oxygen atoms in total. The lowest BCUT2D eigenvalue weighted by Crippen LogP contribution is -2.27. The Morgan fingerprint density at radius 2 is 0.930 bits per heavy atom. The van der Waals surface area contributed by atoms with Gasteiger partial charge in [-0.1, -0.05) is 48.5 Å². The number of benzene rings is 5. The molecule has 0 bridgehead atoms. The number of phenols is 1. The lowest BCUT2D eigenvalue weighted by atomic mass is 10.00. The standard InChI is InChI=1S/C34H26N4O5/c35-26-9-1-5-20(14-26)31(40)22-7-3-11-28(16-22)38(34(43)25-13-24(33(37)42)18-30(39)19-25)29-12-4-8-23(17-29)32(41)21-6-2-10-27(36)15-21/h1-19,39H,35-36H2,(H2,37,42). The van der Waals surface area contributed by atoms with Crippen molar-refractivity contribution in [2.24, 2.45) is 5.73 Å². The molecule has 0 spiro atoms. The van der Waals surface area contributed by atoms with E-state index in [1.54, 1.807) is 84.9 Å². The van der Waals surface area contributed by atoms with E-state index in [4.69, 9.17) is 17.2 Å². The molecule has 5 aromatic rings. The number of nitrogen functional groups attached to an aromatic ring is 2. The Labute approximate surface area is 246 Å². The molecule has 0 aliphatic heterocycles. The molecule has 0 unspecified atom stereocenters. The monoisotopic (exact) mass is 570 g/mol. The summed E-state index contributed by atoms with van der Waals surface area (Å²) in [5.74, 6) is -2.46. The van der Waals surface area contributed by atoms with Crippen LogP contribution in [-0.4, -0.2) is 28.5 Å². The highest BCUT2D eigenvalue weighted by atomic mass is 16.3. The van der Waals surface area contributed by atoms with E-state index < -0.39 is 11.8 Å². The molecule has 0 saturated carbocycles. The van der Waals surface area contributed by atoms with Gasteiger partial charge in [-0.2, -0.15) is 0 Å². The number of anilines is 4. The molecule has 9 heteroatoms. The van der Waals surface area contributed by atoms with Crippen LogP contribution in [-0.2, 0) is 0 Å². The van der Waals surface area contributed by atoms with Crippen molar-refractivity contribution in [1.82, 2.24) is 0 Å². The van der Waals surface area contributed by atoms with Gasteiger partial charge in [0.25, 0.3) is 5.91 Å². The van der Waals surface area contributed by atoms with Crippen LogP contribution in [0.25, 0.3) is 0 Å². The fourth-order valence-corrected chi connectivity index (χ4v) is 4.66. The summed E-state index contributed by atoms with van der Waals surface area (Å²) in [6, 6.07) is 29.5. The maximum atomic E-state index is 14.1. The minimum atomic E-state index is -0.832. The molecule has 5 rings (SSSR count). The van der Waals surface area contributed by atoms with Crippen molar-refractivity contribution >= 4 is 46.1 Å². The van der Waals surface area contributed by atoms with Crippen molar-refractivity contribution in [3.05, 3.63) is 149 Å². The van der Waals surface area contributed by atoms with Crippen LogP contribution < -0.4 is 22.1 Å². The Balaban J connectivity index is 1.64. The second kappa shape index (κ2) is 11.7. The molecule has 2 amide bonds. The van der Waals surface area contributed by atoms with Crippen molar-refractivity contribution in [3.8, 4) is 5.75 Å². The van der Waals surface area contributed by atoms with Crippen molar-refractivity contribution < 1.29 is 24.3 Å². The second-order valence-electron chi connectivity index (χ2n) is 9.78. The van der Waals surface area contributed by atoms with Gasteiger partial charge in [-0.15, -0.1) is 0 Å². The zero-order valence-corrected chi connectivity index (χ0v) is 22.7. The molecule has 0 atom stereocenters. The van der Waals surface area contributed by atoms with Crippen molar-refractivity contribution in [2.75, 3.05) is 16.4 Å². The maximum Gasteiger partial charge on any atom is 0.262 e. The molecule has 0 aromatic heterocycles. The Morgan fingerprint density at radius 3 is 1.37 bits per heavy atom. The van der Waals surface area contributed by atoms with E-state index in [0.29, 0.717) is 22.5 Å². The number of phenolic OH excluding ortho intramolecular Hbond substituents is 1. The minimum absolute atomic E-state index is 0.0473. The van der Waals surface area contributed by atoms with Crippen molar-refractivity contribution in [1.29, 1.82) is 0 Å². The number of rotatable bonds is 8. The average molecular weight is 571 g/mol. The minimum Gasteiger partial charge on any atom is -0.508 e. The molecular formula is C34H26N4O5. The first-order chi connectivity index (χ1) is 20.6. The van der Waals surface area contributed by atoms with Crippen LogP contribution in [0.3, 0.4) is 0 Å². The van der Waals surface area contributed by atoms with Gasteiger partial charge < -0.3 is 22.3 Å². The van der Waals surface area contributed by atoms with E-state index in [-0.39, 0.29) is 50.9 Å². The van der Waals surface area contributed by atoms with Gasteiger partial charge in [0.15, 0.2) is 11.6 Å². The number of nitrogens with two attached hydrogens (primary N) is 3. The van der Waals surface area contributed by atoms with E-state index in [1.165, 1.54) is 29.2 Å². The highest BCUT2D eigenvalue weighted by Crippen LogP contribution is 2.31. The fourth-order valence-electron chi connectivity index (χ4n) is 4.66. The zero-order chi connectivity index (χ0) is 30.7. The van der Waals surface area contributed by atoms with Gasteiger partial charge in [-0.05, 0) is 66.7 Å². The molecule has 0 radical (unpaired) electrons. The Morgan fingerprint density at radius 1 is 0.512 bits per heavy atom. The Bertz CT molecular complexity index is 1820. The number of primary amides is 1. The third kappa shape index (κ3) is 6.10. The van der Waals surface area contributed by atoms with Gasteiger partial charge in [0.2, 0.25) is 5.91 Å². The Hall–Kier alpha value is -6.22. The van der Waals surface area contributed by atoms with E-state index >= 15 is 0 Å². The second-order valence-corrected chi connectivity index (χ2v) is 9.78. The number of amides is 2. The normalized spacial score (nSPS) is 10.6. The first-order valence-corrected chi connectivity index (χ1v) is 13.1. The first kappa shape index (κ1) is 28.3. The third-order valence-electron chi connectivity index (χ3n) is 6.68. The third-order valence-corrected chi connectivity index (χ3v) is 6.68. The number of carbonyl (C=O) groups excluding carboxylic acids is 4. The molecule has 0 saturated heterocycles. The summed E-state index contributed by atoms with van der Waals surface area (Å²) in [5.41, 5.74) is 19.8. The average Bonchev–Trinajstić information content (AvgIpc) is 3.00. The highest BCUT2D eigenvalue weighted by Gasteiger charge is 2.24. The van der Waals surface area contributed by atoms with Gasteiger partial charge in [-0.25, -0.2) is 0 Å². The largest absolute Gasteiger partial charge is 0.508 e. The summed E-state index contributed by atoms with van der Waals surface area (Å²) in [7, 11) is 0. The fraction of sp³-hybridized carbons (Fsp3) is 0. The number of hydrogen-bond acceptors (Lipinski definition) is 7. The quantitative estimate of drug-likeness (QED) is 0.149. The summed E-state index contributed by atoms with van der Waals surface area (Å²) < 4.78 is 0. The SMILES string of the molecule is NC(=O)c1cc(O)cc(C(=O)N(c2cccc(C(=O)c3cccc(N)c3)c2)c2cccc(C(=O)c3cccc(N)c3)c2)c1. The number of hydrogen-bond donors (Lipinski definition) is 4. The first-order valence-electron chi connectivity index (χ1n) is 13.1. The topological polar surface area (TPSA) is 170 Å². The van der Waals surface area contributed by atoms with Crippen molar-refractivity contribution in [2.45, 2.75) is 0 Å². The molecule has 0 heterocycles. The zero-order valence-electron chi connectivity index (χ0n) is 22.7. The predicted molar refractivity (Wildman–Crippen MR) is 165 cm³/mol. The van der Waals surface area contributed by atoms with Crippen LogP contribution in [0.4, 0.5) is 22.7 Å². The van der Waals surface area contributed by atoms with Crippen LogP contribution in [0.2, 0.25) is 0 Å². The lowest BCUT2D eigenvalue weighted by molar-refractivity contribution is 0.0993. The number of nitrogens with zero attached hydrogens (tertiary/aromatic N) is 1. The van der Waals surface area contributed by atoms with E-state index in [0.717, 1.165) is 6.07 Å². The predicted octanol–water partition coefficient (Wildman–Crippen LogP) is 5.10.